The third kappa shape index (κ3) is 3.27. The van der Waals surface area contributed by atoms with Gasteiger partial charge in [-0.25, -0.2) is 0 Å². The fraction of sp³-hybridized carbons (Fsp3) is 0.167. The smallest absolute Gasteiger partial charge is 0.258 e. The second kappa shape index (κ2) is 6.08. The SMILES string of the molecule is CCOc1c(Br)cc(Cl)cc1NC(=O)c1cn[nH]c1. The molecular weight excluding hydrogens is 334 g/mol. The van der Waals surface area contributed by atoms with E-state index in [-0.39, 0.29) is 5.91 Å². The van der Waals surface area contributed by atoms with Crippen LogP contribution in [0.3, 0.4) is 0 Å². The van der Waals surface area contributed by atoms with E-state index >= 15 is 0 Å². The van der Waals surface area contributed by atoms with Gasteiger partial charge in [0.05, 0.1) is 28.5 Å². The molecule has 0 saturated carbocycles. The van der Waals surface area contributed by atoms with Crippen molar-refractivity contribution in [1.82, 2.24) is 10.2 Å². The van der Waals surface area contributed by atoms with Gasteiger partial charge in [-0.1, -0.05) is 11.6 Å². The Morgan fingerprint density at radius 1 is 1.58 bits per heavy atom. The number of rotatable bonds is 4. The molecule has 19 heavy (non-hydrogen) atoms. The summed E-state index contributed by atoms with van der Waals surface area (Å²) in [5, 5.41) is 9.55. The molecule has 1 aromatic heterocycles. The molecule has 0 spiro atoms. The number of nitrogens with zero attached hydrogens (tertiary/aromatic N) is 1. The summed E-state index contributed by atoms with van der Waals surface area (Å²) in [6.07, 6.45) is 2.95. The maximum Gasteiger partial charge on any atom is 0.258 e. The van der Waals surface area contributed by atoms with Gasteiger partial charge >= 0.3 is 0 Å². The molecular formula is C12H11BrClN3O2. The number of aromatic nitrogens is 2. The minimum absolute atomic E-state index is 0.288. The van der Waals surface area contributed by atoms with Crippen LogP contribution in [-0.2, 0) is 0 Å². The zero-order valence-corrected chi connectivity index (χ0v) is 12.4. The number of carbonyl (C=O) groups excluding carboxylic acids is 1. The number of halogens is 2. The predicted molar refractivity (Wildman–Crippen MR) is 76.9 cm³/mol. The molecule has 2 aromatic rings. The highest BCUT2D eigenvalue weighted by Crippen LogP contribution is 2.36. The minimum atomic E-state index is -0.288. The Bertz CT molecular complexity index is 587. The minimum Gasteiger partial charge on any atom is -0.491 e. The highest BCUT2D eigenvalue weighted by molar-refractivity contribution is 9.10. The van der Waals surface area contributed by atoms with E-state index in [1.807, 2.05) is 6.92 Å². The number of hydrogen-bond acceptors (Lipinski definition) is 3. The molecule has 2 rings (SSSR count). The van der Waals surface area contributed by atoms with Gasteiger partial charge in [-0.2, -0.15) is 5.10 Å². The van der Waals surface area contributed by atoms with E-state index in [1.54, 1.807) is 12.1 Å². The van der Waals surface area contributed by atoms with Crippen molar-refractivity contribution in [3.05, 3.63) is 39.6 Å². The largest absolute Gasteiger partial charge is 0.491 e. The van der Waals surface area contributed by atoms with Gasteiger partial charge in [0.1, 0.15) is 0 Å². The van der Waals surface area contributed by atoms with Crippen LogP contribution in [0.5, 0.6) is 5.75 Å². The van der Waals surface area contributed by atoms with Crippen LogP contribution in [-0.4, -0.2) is 22.7 Å². The number of anilines is 1. The quantitative estimate of drug-likeness (QED) is 0.892. The summed E-state index contributed by atoms with van der Waals surface area (Å²) < 4.78 is 6.18. The molecule has 5 nitrogen and oxygen atoms in total. The zero-order chi connectivity index (χ0) is 13.8. The zero-order valence-electron chi connectivity index (χ0n) is 10.0. The Morgan fingerprint density at radius 2 is 2.37 bits per heavy atom. The van der Waals surface area contributed by atoms with E-state index in [4.69, 9.17) is 16.3 Å². The van der Waals surface area contributed by atoms with E-state index in [2.05, 4.69) is 31.4 Å². The predicted octanol–water partition coefficient (Wildman–Crippen LogP) is 3.48. The number of benzene rings is 1. The second-order valence-corrected chi connectivity index (χ2v) is 4.93. The van der Waals surface area contributed by atoms with E-state index in [0.29, 0.717) is 33.1 Å². The molecule has 0 fully saturated rings. The van der Waals surface area contributed by atoms with Crippen LogP contribution in [0.15, 0.2) is 29.0 Å². The fourth-order valence-electron chi connectivity index (χ4n) is 1.51. The number of hydrogen-bond donors (Lipinski definition) is 2. The average molecular weight is 345 g/mol. The lowest BCUT2D eigenvalue weighted by Gasteiger charge is -2.13. The molecule has 0 aliphatic rings. The maximum atomic E-state index is 12.0. The number of carbonyl (C=O) groups is 1. The normalized spacial score (nSPS) is 10.3. The van der Waals surface area contributed by atoms with Gasteiger partial charge in [0.2, 0.25) is 0 Å². The Balaban J connectivity index is 2.30. The van der Waals surface area contributed by atoms with Crippen molar-refractivity contribution in [2.45, 2.75) is 6.92 Å². The molecule has 0 aliphatic carbocycles. The van der Waals surface area contributed by atoms with Crippen molar-refractivity contribution in [2.75, 3.05) is 11.9 Å². The monoisotopic (exact) mass is 343 g/mol. The molecule has 0 radical (unpaired) electrons. The van der Waals surface area contributed by atoms with Gasteiger partial charge in [0.15, 0.2) is 5.75 Å². The standard InChI is InChI=1S/C12H11BrClN3O2/c1-2-19-11-9(13)3-8(14)4-10(11)17-12(18)7-5-15-16-6-7/h3-6H,2H2,1H3,(H,15,16)(H,17,18). The van der Waals surface area contributed by atoms with Crippen molar-refractivity contribution in [3.8, 4) is 5.75 Å². The molecule has 0 atom stereocenters. The Hall–Kier alpha value is -1.53. The average Bonchev–Trinajstić information content (AvgIpc) is 2.87. The first-order valence-corrected chi connectivity index (χ1v) is 6.71. The van der Waals surface area contributed by atoms with Gasteiger partial charge in [-0.05, 0) is 35.0 Å². The maximum absolute atomic E-state index is 12.0. The van der Waals surface area contributed by atoms with Gasteiger partial charge < -0.3 is 10.1 Å². The van der Waals surface area contributed by atoms with Crippen molar-refractivity contribution in [1.29, 1.82) is 0 Å². The number of ether oxygens (including phenoxy) is 1. The van der Waals surface area contributed by atoms with Gasteiger partial charge in [0, 0.05) is 11.2 Å². The molecule has 0 aliphatic heterocycles. The van der Waals surface area contributed by atoms with Crippen LogP contribution in [0.25, 0.3) is 0 Å². The number of H-pyrrole nitrogens is 1. The summed E-state index contributed by atoms with van der Waals surface area (Å²) in [6.45, 7) is 2.34. The Kier molecular flexibility index (Phi) is 4.44. The van der Waals surface area contributed by atoms with E-state index in [0.717, 1.165) is 0 Å². The van der Waals surface area contributed by atoms with Crippen LogP contribution < -0.4 is 10.1 Å². The first-order chi connectivity index (χ1) is 9.11. The molecule has 1 aromatic carbocycles. The molecule has 7 heteroatoms. The van der Waals surface area contributed by atoms with Crippen molar-refractivity contribution >= 4 is 39.1 Å². The Morgan fingerprint density at radius 3 is 3.00 bits per heavy atom. The molecule has 2 N–H and O–H groups in total. The van der Waals surface area contributed by atoms with E-state index < -0.39 is 0 Å². The lowest BCUT2D eigenvalue weighted by molar-refractivity contribution is 0.102. The highest BCUT2D eigenvalue weighted by atomic mass is 79.9. The third-order valence-electron chi connectivity index (χ3n) is 2.31. The summed E-state index contributed by atoms with van der Waals surface area (Å²) >= 11 is 9.33. The van der Waals surface area contributed by atoms with E-state index in [1.165, 1.54) is 12.4 Å². The van der Waals surface area contributed by atoms with Crippen LogP contribution in [0.2, 0.25) is 5.02 Å². The van der Waals surface area contributed by atoms with Crippen molar-refractivity contribution in [2.24, 2.45) is 0 Å². The van der Waals surface area contributed by atoms with Gasteiger partial charge in [0.25, 0.3) is 5.91 Å². The molecule has 100 valence electrons. The molecule has 0 bridgehead atoms. The van der Waals surface area contributed by atoms with Crippen LogP contribution in [0.4, 0.5) is 5.69 Å². The fourth-order valence-corrected chi connectivity index (χ4v) is 2.44. The third-order valence-corrected chi connectivity index (χ3v) is 3.11. The van der Waals surface area contributed by atoms with Crippen LogP contribution >= 0.6 is 27.5 Å². The van der Waals surface area contributed by atoms with Gasteiger partial charge in [-0.15, -0.1) is 0 Å². The Labute approximate surface area is 123 Å². The molecule has 0 unspecified atom stereocenters. The van der Waals surface area contributed by atoms with Crippen LogP contribution in [0, 0.1) is 0 Å². The first-order valence-electron chi connectivity index (χ1n) is 5.53. The number of aromatic amines is 1. The number of amides is 1. The summed E-state index contributed by atoms with van der Waals surface area (Å²) in [5.41, 5.74) is 0.936. The van der Waals surface area contributed by atoms with E-state index in [9.17, 15) is 4.79 Å². The highest BCUT2D eigenvalue weighted by Gasteiger charge is 2.14. The summed E-state index contributed by atoms with van der Waals surface area (Å²) in [5.74, 6) is 0.257. The second-order valence-electron chi connectivity index (χ2n) is 3.64. The van der Waals surface area contributed by atoms with Crippen LogP contribution in [0.1, 0.15) is 17.3 Å². The lowest BCUT2D eigenvalue weighted by atomic mass is 10.2. The number of nitrogens with one attached hydrogen (secondary N) is 2. The summed E-state index contributed by atoms with van der Waals surface area (Å²) in [6, 6.07) is 3.34. The topological polar surface area (TPSA) is 67.0 Å². The summed E-state index contributed by atoms with van der Waals surface area (Å²) in [7, 11) is 0. The lowest BCUT2D eigenvalue weighted by Crippen LogP contribution is -2.12. The molecule has 1 amide bonds. The van der Waals surface area contributed by atoms with Crippen molar-refractivity contribution < 1.29 is 9.53 Å². The molecule has 0 saturated heterocycles. The summed E-state index contributed by atoms with van der Waals surface area (Å²) in [4.78, 5) is 12.0. The van der Waals surface area contributed by atoms with Crippen molar-refractivity contribution in [3.63, 3.8) is 0 Å². The first kappa shape index (κ1) is 13.9. The van der Waals surface area contributed by atoms with Gasteiger partial charge in [-0.3, -0.25) is 9.89 Å². The molecule has 1 heterocycles.